The fourth-order valence-electron chi connectivity index (χ4n) is 4.50. The first-order valence-electron chi connectivity index (χ1n) is 11.8. The van der Waals surface area contributed by atoms with Gasteiger partial charge in [-0.25, -0.2) is 9.18 Å². The van der Waals surface area contributed by atoms with Gasteiger partial charge in [0.25, 0.3) is 0 Å². The minimum absolute atomic E-state index is 0.0208. The van der Waals surface area contributed by atoms with Gasteiger partial charge in [0.1, 0.15) is 18.5 Å². The maximum absolute atomic E-state index is 13.9. The highest BCUT2D eigenvalue weighted by molar-refractivity contribution is 5.98. The van der Waals surface area contributed by atoms with Gasteiger partial charge in [0.05, 0.1) is 6.10 Å². The monoisotopic (exact) mass is 476 g/mol. The van der Waals surface area contributed by atoms with E-state index in [-0.39, 0.29) is 13.2 Å². The lowest BCUT2D eigenvalue weighted by molar-refractivity contribution is -0.122. The second-order valence-electron chi connectivity index (χ2n) is 8.69. The number of ether oxygens (including phenoxy) is 1. The molecule has 1 aliphatic rings. The summed E-state index contributed by atoms with van der Waals surface area (Å²) < 4.78 is 19.4. The predicted octanol–water partition coefficient (Wildman–Crippen LogP) is 4.88. The number of benzene rings is 3. The van der Waals surface area contributed by atoms with Crippen LogP contribution in [0.4, 0.5) is 14.9 Å². The van der Waals surface area contributed by atoms with Crippen LogP contribution in [0.25, 0.3) is 0 Å². The third kappa shape index (κ3) is 5.69. The molecule has 3 aromatic carbocycles. The SMILES string of the molecule is CCCc1ccccc1NC(=O)[C@H]1[C@@H](O)[C@H](c2cccc(F)c2)CN1C(=O)OCc1ccccc1. The van der Waals surface area contributed by atoms with E-state index in [4.69, 9.17) is 4.74 Å². The number of para-hydroxylation sites is 1. The van der Waals surface area contributed by atoms with Gasteiger partial charge >= 0.3 is 6.09 Å². The highest BCUT2D eigenvalue weighted by atomic mass is 19.1. The number of aliphatic hydroxyl groups excluding tert-OH is 1. The summed E-state index contributed by atoms with van der Waals surface area (Å²) >= 11 is 0. The van der Waals surface area contributed by atoms with Crippen molar-refractivity contribution < 1.29 is 23.8 Å². The zero-order valence-electron chi connectivity index (χ0n) is 19.6. The van der Waals surface area contributed by atoms with Crippen LogP contribution < -0.4 is 5.32 Å². The van der Waals surface area contributed by atoms with Gasteiger partial charge in [0, 0.05) is 18.2 Å². The molecule has 0 spiro atoms. The number of likely N-dealkylation sites (tertiary alicyclic amines) is 1. The quantitative estimate of drug-likeness (QED) is 0.509. The standard InChI is InChI=1S/C28H29FN2O4/c1-2-9-20-12-6-7-15-24(20)30-27(33)25-26(32)23(21-13-8-14-22(29)16-21)17-31(25)28(34)35-18-19-10-4-3-5-11-19/h3-8,10-16,23,25-26,32H,2,9,17-18H2,1H3,(H,30,33)/t23-,25+,26-/m0/s1. The van der Waals surface area contributed by atoms with E-state index in [0.29, 0.717) is 11.3 Å². The van der Waals surface area contributed by atoms with Gasteiger partial charge < -0.3 is 15.2 Å². The van der Waals surface area contributed by atoms with Crippen LogP contribution in [0.1, 0.15) is 36.0 Å². The molecule has 1 heterocycles. The second-order valence-corrected chi connectivity index (χ2v) is 8.69. The van der Waals surface area contributed by atoms with Gasteiger partial charge in [-0.15, -0.1) is 0 Å². The number of rotatable bonds is 7. The fourth-order valence-corrected chi connectivity index (χ4v) is 4.50. The van der Waals surface area contributed by atoms with Crippen LogP contribution >= 0.6 is 0 Å². The number of amides is 2. The Kier molecular flexibility index (Phi) is 7.77. The van der Waals surface area contributed by atoms with Crippen molar-refractivity contribution in [1.29, 1.82) is 0 Å². The Hall–Kier alpha value is -3.71. The largest absolute Gasteiger partial charge is 0.445 e. The van der Waals surface area contributed by atoms with Crippen LogP contribution in [0.3, 0.4) is 0 Å². The van der Waals surface area contributed by atoms with Gasteiger partial charge in [0.15, 0.2) is 0 Å². The Balaban J connectivity index is 1.58. The van der Waals surface area contributed by atoms with Crippen molar-refractivity contribution in [3.05, 3.63) is 101 Å². The van der Waals surface area contributed by atoms with E-state index in [2.05, 4.69) is 5.32 Å². The molecule has 3 aromatic rings. The molecule has 1 fully saturated rings. The fraction of sp³-hybridized carbons (Fsp3) is 0.286. The molecule has 0 aromatic heterocycles. The third-order valence-corrected chi connectivity index (χ3v) is 6.24. The molecule has 4 rings (SSSR count). The number of aryl methyl sites for hydroxylation is 1. The van der Waals surface area contributed by atoms with Crippen molar-refractivity contribution in [3.63, 3.8) is 0 Å². The van der Waals surface area contributed by atoms with Gasteiger partial charge in [-0.2, -0.15) is 0 Å². The van der Waals surface area contributed by atoms with Crippen molar-refractivity contribution in [3.8, 4) is 0 Å². The highest BCUT2D eigenvalue weighted by Crippen LogP contribution is 2.34. The summed E-state index contributed by atoms with van der Waals surface area (Å²) in [7, 11) is 0. The molecule has 0 saturated carbocycles. The molecule has 2 amide bonds. The Morgan fingerprint density at radius 3 is 2.54 bits per heavy atom. The van der Waals surface area contributed by atoms with E-state index >= 15 is 0 Å². The summed E-state index contributed by atoms with van der Waals surface area (Å²) in [6, 6.07) is 21.3. The lowest BCUT2D eigenvalue weighted by Crippen LogP contribution is -2.48. The van der Waals surface area contributed by atoms with E-state index in [0.717, 1.165) is 24.0 Å². The number of carbonyl (C=O) groups excluding carboxylic acids is 2. The van der Waals surface area contributed by atoms with E-state index in [1.54, 1.807) is 18.2 Å². The number of anilines is 1. The van der Waals surface area contributed by atoms with E-state index in [9.17, 15) is 19.1 Å². The van der Waals surface area contributed by atoms with Gasteiger partial charge in [0.2, 0.25) is 5.91 Å². The molecule has 0 radical (unpaired) electrons. The van der Waals surface area contributed by atoms with Gasteiger partial charge in [-0.05, 0) is 41.3 Å². The number of aliphatic hydroxyl groups is 1. The van der Waals surface area contributed by atoms with Crippen LogP contribution in [-0.2, 0) is 22.6 Å². The molecule has 7 heteroatoms. The van der Waals surface area contributed by atoms with Crippen LogP contribution in [0, 0.1) is 5.82 Å². The topological polar surface area (TPSA) is 78.9 Å². The molecule has 1 aliphatic heterocycles. The van der Waals surface area contributed by atoms with E-state index in [1.165, 1.54) is 17.0 Å². The molecule has 0 bridgehead atoms. The summed E-state index contributed by atoms with van der Waals surface area (Å²) in [6.07, 6.45) is -0.273. The molecular formula is C28H29FN2O4. The number of hydrogen-bond donors (Lipinski definition) is 2. The average Bonchev–Trinajstić information content (AvgIpc) is 3.22. The van der Waals surface area contributed by atoms with Gasteiger partial charge in [-0.3, -0.25) is 9.69 Å². The Bertz CT molecular complexity index is 1170. The highest BCUT2D eigenvalue weighted by Gasteiger charge is 2.48. The molecule has 35 heavy (non-hydrogen) atoms. The molecule has 3 atom stereocenters. The summed E-state index contributed by atoms with van der Waals surface area (Å²) in [6.45, 7) is 2.10. The Morgan fingerprint density at radius 2 is 1.80 bits per heavy atom. The number of hydrogen-bond acceptors (Lipinski definition) is 4. The zero-order chi connectivity index (χ0) is 24.8. The smallest absolute Gasteiger partial charge is 0.410 e. The van der Waals surface area contributed by atoms with Crippen LogP contribution in [0.2, 0.25) is 0 Å². The van der Waals surface area contributed by atoms with E-state index in [1.807, 2.05) is 55.5 Å². The first-order valence-corrected chi connectivity index (χ1v) is 11.8. The minimum Gasteiger partial charge on any atom is -0.445 e. The lowest BCUT2D eigenvalue weighted by Gasteiger charge is -2.25. The third-order valence-electron chi connectivity index (χ3n) is 6.24. The molecule has 0 aliphatic carbocycles. The molecule has 6 nitrogen and oxygen atoms in total. The number of halogens is 1. The van der Waals surface area contributed by atoms with Crippen molar-refractivity contribution in [1.82, 2.24) is 4.90 Å². The molecular weight excluding hydrogens is 447 g/mol. The number of carbonyl (C=O) groups is 2. The van der Waals surface area contributed by atoms with Gasteiger partial charge in [-0.1, -0.05) is 74.0 Å². The minimum atomic E-state index is -1.24. The summed E-state index contributed by atoms with van der Waals surface area (Å²) in [5.41, 5.74) is 2.92. The van der Waals surface area contributed by atoms with Crippen LogP contribution in [0.5, 0.6) is 0 Å². The first kappa shape index (κ1) is 24.4. The Morgan fingerprint density at radius 1 is 1.06 bits per heavy atom. The molecule has 2 N–H and O–H groups in total. The van der Waals surface area contributed by atoms with Crippen LogP contribution in [-0.4, -0.2) is 40.7 Å². The van der Waals surface area contributed by atoms with Crippen molar-refractivity contribution in [2.75, 3.05) is 11.9 Å². The van der Waals surface area contributed by atoms with E-state index < -0.39 is 35.9 Å². The van der Waals surface area contributed by atoms with Crippen molar-refractivity contribution in [2.24, 2.45) is 0 Å². The van der Waals surface area contributed by atoms with Crippen LogP contribution in [0.15, 0.2) is 78.9 Å². The predicted molar refractivity (Wildman–Crippen MR) is 131 cm³/mol. The second kappa shape index (κ2) is 11.1. The normalized spacial score (nSPS) is 19.4. The molecule has 0 unspecified atom stereocenters. The molecule has 1 saturated heterocycles. The maximum atomic E-state index is 13.9. The summed E-state index contributed by atoms with van der Waals surface area (Å²) in [4.78, 5) is 27.7. The Labute approximate surface area is 204 Å². The summed E-state index contributed by atoms with van der Waals surface area (Å²) in [5.74, 6) is -1.61. The molecule has 182 valence electrons. The number of nitrogens with one attached hydrogen (secondary N) is 1. The van der Waals surface area contributed by atoms with Crippen molar-refractivity contribution in [2.45, 2.75) is 44.4 Å². The summed E-state index contributed by atoms with van der Waals surface area (Å²) in [5, 5.41) is 14.1. The number of nitrogens with zero attached hydrogens (tertiary/aromatic N) is 1. The lowest BCUT2D eigenvalue weighted by atomic mass is 9.93. The maximum Gasteiger partial charge on any atom is 0.410 e. The first-order chi connectivity index (χ1) is 17.0. The zero-order valence-corrected chi connectivity index (χ0v) is 19.6. The average molecular weight is 477 g/mol. The van der Waals surface area contributed by atoms with Crippen molar-refractivity contribution >= 4 is 17.7 Å².